The molecular formula is C8H8BrN5O. The maximum absolute atomic E-state index is 4.85. The minimum absolute atomic E-state index is 0.604. The number of halogens is 1. The first-order chi connectivity index (χ1) is 7.34. The molecule has 2 aromatic heterocycles. The molecule has 0 aliphatic rings. The molecule has 0 fully saturated rings. The Morgan fingerprint density at radius 2 is 2.20 bits per heavy atom. The second kappa shape index (κ2) is 4.83. The van der Waals surface area contributed by atoms with E-state index in [4.69, 9.17) is 4.52 Å². The van der Waals surface area contributed by atoms with Crippen LogP contribution in [0.2, 0.25) is 0 Å². The second-order valence-corrected chi connectivity index (χ2v) is 3.55. The first-order valence-electron chi connectivity index (χ1n) is 4.31. The number of nitrogens with one attached hydrogen (secondary N) is 1. The Morgan fingerprint density at radius 1 is 1.27 bits per heavy atom. The highest BCUT2D eigenvalue weighted by Gasteiger charge is 1.99. The van der Waals surface area contributed by atoms with Gasteiger partial charge in [0, 0.05) is 13.0 Å². The minimum atomic E-state index is 0.604. The summed E-state index contributed by atoms with van der Waals surface area (Å²) in [5.41, 5.74) is 0. The fraction of sp³-hybridized carbons (Fsp3) is 0.250. The van der Waals surface area contributed by atoms with Crippen molar-refractivity contribution in [3.05, 3.63) is 29.2 Å². The van der Waals surface area contributed by atoms with Crippen LogP contribution in [0.1, 0.15) is 5.89 Å². The molecule has 0 saturated heterocycles. The molecule has 1 N–H and O–H groups in total. The number of rotatable bonds is 4. The van der Waals surface area contributed by atoms with Gasteiger partial charge in [-0.15, -0.1) is 0 Å². The SMILES string of the molecule is Brc1cnc(NCCc2ncno2)cn1. The molecular weight excluding hydrogens is 262 g/mol. The molecule has 7 heteroatoms. The highest BCUT2D eigenvalue weighted by Crippen LogP contribution is 2.06. The smallest absolute Gasteiger partial charge is 0.228 e. The van der Waals surface area contributed by atoms with Gasteiger partial charge in [0.05, 0.1) is 12.4 Å². The average molecular weight is 270 g/mol. The van der Waals surface area contributed by atoms with Gasteiger partial charge in [0.25, 0.3) is 0 Å². The summed E-state index contributed by atoms with van der Waals surface area (Å²) in [5, 5.41) is 6.60. The van der Waals surface area contributed by atoms with E-state index >= 15 is 0 Å². The maximum Gasteiger partial charge on any atom is 0.228 e. The number of hydrogen-bond acceptors (Lipinski definition) is 6. The first-order valence-corrected chi connectivity index (χ1v) is 5.11. The quantitative estimate of drug-likeness (QED) is 0.901. The molecule has 78 valence electrons. The van der Waals surface area contributed by atoms with E-state index in [2.05, 4.69) is 41.4 Å². The zero-order chi connectivity index (χ0) is 10.5. The van der Waals surface area contributed by atoms with E-state index < -0.39 is 0 Å². The van der Waals surface area contributed by atoms with Gasteiger partial charge in [0.1, 0.15) is 10.4 Å². The normalized spacial score (nSPS) is 10.2. The van der Waals surface area contributed by atoms with Crippen LogP contribution in [0, 0.1) is 0 Å². The van der Waals surface area contributed by atoms with Gasteiger partial charge in [-0.05, 0) is 15.9 Å². The summed E-state index contributed by atoms with van der Waals surface area (Å²) in [7, 11) is 0. The fourth-order valence-electron chi connectivity index (χ4n) is 1.01. The van der Waals surface area contributed by atoms with E-state index in [9.17, 15) is 0 Å². The van der Waals surface area contributed by atoms with Crippen molar-refractivity contribution in [2.75, 3.05) is 11.9 Å². The van der Waals surface area contributed by atoms with Crippen LogP contribution >= 0.6 is 15.9 Å². The van der Waals surface area contributed by atoms with Crippen LogP contribution in [0.3, 0.4) is 0 Å². The molecule has 0 aliphatic heterocycles. The topological polar surface area (TPSA) is 76.7 Å². The molecule has 2 aromatic rings. The molecule has 2 heterocycles. The van der Waals surface area contributed by atoms with E-state index in [0.717, 1.165) is 5.82 Å². The highest BCUT2D eigenvalue weighted by molar-refractivity contribution is 9.10. The molecule has 0 aromatic carbocycles. The molecule has 6 nitrogen and oxygen atoms in total. The van der Waals surface area contributed by atoms with Gasteiger partial charge < -0.3 is 9.84 Å². The molecule has 0 bridgehead atoms. The number of nitrogens with zero attached hydrogens (tertiary/aromatic N) is 4. The van der Waals surface area contributed by atoms with Crippen LogP contribution in [0.5, 0.6) is 0 Å². The third-order valence-electron chi connectivity index (χ3n) is 1.67. The Bertz CT molecular complexity index is 401. The zero-order valence-electron chi connectivity index (χ0n) is 7.72. The maximum atomic E-state index is 4.85. The Morgan fingerprint density at radius 3 is 2.87 bits per heavy atom. The van der Waals surface area contributed by atoms with Gasteiger partial charge in [-0.1, -0.05) is 5.16 Å². The van der Waals surface area contributed by atoms with Gasteiger partial charge in [0.2, 0.25) is 5.89 Å². The molecule has 2 rings (SSSR count). The summed E-state index contributed by atoms with van der Waals surface area (Å²) in [6.07, 6.45) is 5.33. The van der Waals surface area contributed by atoms with Crippen molar-refractivity contribution in [1.29, 1.82) is 0 Å². The summed E-state index contributed by atoms with van der Waals surface area (Å²) < 4.78 is 5.56. The van der Waals surface area contributed by atoms with Gasteiger partial charge >= 0.3 is 0 Å². The lowest BCUT2D eigenvalue weighted by Gasteiger charge is -2.01. The van der Waals surface area contributed by atoms with Crippen molar-refractivity contribution < 1.29 is 4.52 Å². The predicted molar refractivity (Wildman–Crippen MR) is 56.2 cm³/mol. The molecule has 0 radical (unpaired) electrons. The fourth-order valence-corrected chi connectivity index (χ4v) is 1.21. The van der Waals surface area contributed by atoms with Crippen LogP contribution < -0.4 is 5.32 Å². The standard InChI is InChI=1S/C8H8BrN5O/c9-6-3-12-7(4-11-6)10-2-1-8-13-5-14-15-8/h3-5H,1-2H2,(H,10,12). The lowest BCUT2D eigenvalue weighted by atomic mass is 10.4. The summed E-state index contributed by atoms with van der Waals surface area (Å²) in [5.74, 6) is 1.32. The van der Waals surface area contributed by atoms with Gasteiger partial charge in [0.15, 0.2) is 6.33 Å². The Kier molecular flexibility index (Phi) is 3.23. The van der Waals surface area contributed by atoms with E-state index in [1.165, 1.54) is 6.33 Å². The van der Waals surface area contributed by atoms with E-state index in [1.807, 2.05) is 0 Å². The van der Waals surface area contributed by atoms with Gasteiger partial charge in [-0.2, -0.15) is 4.98 Å². The largest absolute Gasteiger partial charge is 0.368 e. The van der Waals surface area contributed by atoms with Crippen LogP contribution in [-0.4, -0.2) is 26.7 Å². The zero-order valence-corrected chi connectivity index (χ0v) is 9.31. The van der Waals surface area contributed by atoms with Crippen molar-refractivity contribution in [2.24, 2.45) is 0 Å². The first kappa shape index (κ1) is 10.0. The molecule has 0 atom stereocenters. The van der Waals surface area contributed by atoms with Gasteiger partial charge in [-0.25, -0.2) is 9.97 Å². The Labute approximate surface area is 94.3 Å². The Hall–Kier alpha value is -1.50. The van der Waals surface area contributed by atoms with E-state index in [0.29, 0.717) is 23.5 Å². The molecule has 0 aliphatic carbocycles. The highest BCUT2D eigenvalue weighted by atomic mass is 79.9. The summed E-state index contributed by atoms with van der Waals surface area (Å²) in [6.45, 7) is 0.679. The molecule has 0 spiro atoms. The number of anilines is 1. The van der Waals surface area contributed by atoms with Gasteiger partial charge in [-0.3, -0.25) is 0 Å². The van der Waals surface area contributed by atoms with Crippen molar-refractivity contribution in [2.45, 2.75) is 6.42 Å². The van der Waals surface area contributed by atoms with Crippen molar-refractivity contribution in [3.8, 4) is 0 Å². The monoisotopic (exact) mass is 269 g/mol. The third-order valence-corrected chi connectivity index (χ3v) is 2.08. The summed E-state index contributed by atoms with van der Waals surface area (Å²) in [6, 6.07) is 0. The molecule has 0 unspecified atom stereocenters. The molecule has 0 amide bonds. The lowest BCUT2D eigenvalue weighted by Crippen LogP contribution is -2.06. The van der Waals surface area contributed by atoms with Crippen molar-refractivity contribution >= 4 is 21.7 Å². The summed E-state index contributed by atoms with van der Waals surface area (Å²) in [4.78, 5) is 12.0. The van der Waals surface area contributed by atoms with Crippen molar-refractivity contribution in [3.63, 3.8) is 0 Å². The molecule has 0 saturated carbocycles. The van der Waals surface area contributed by atoms with Crippen LogP contribution in [-0.2, 0) is 6.42 Å². The average Bonchev–Trinajstić information content (AvgIpc) is 2.74. The second-order valence-electron chi connectivity index (χ2n) is 2.74. The summed E-state index contributed by atoms with van der Waals surface area (Å²) >= 11 is 3.21. The van der Waals surface area contributed by atoms with Crippen LogP contribution in [0.25, 0.3) is 0 Å². The van der Waals surface area contributed by atoms with Crippen LogP contribution in [0.15, 0.2) is 27.8 Å². The minimum Gasteiger partial charge on any atom is -0.368 e. The van der Waals surface area contributed by atoms with Crippen LogP contribution in [0.4, 0.5) is 5.82 Å². The predicted octanol–water partition coefficient (Wildman–Crippen LogP) is 1.28. The van der Waals surface area contributed by atoms with E-state index in [-0.39, 0.29) is 0 Å². The third kappa shape index (κ3) is 2.98. The Balaban J connectivity index is 1.81. The lowest BCUT2D eigenvalue weighted by molar-refractivity contribution is 0.379. The van der Waals surface area contributed by atoms with E-state index in [1.54, 1.807) is 12.4 Å². The van der Waals surface area contributed by atoms with Crippen molar-refractivity contribution in [1.82, 2.24) is 20.1 Å². The number of aromatic nitrogens is 4. The number of hydrogen-bond donors (Lipinski definition) is 1. The molecule has 15 heavy (non-hydrogen) atoms.